The summed E-state index contributed by atoms with van der Waals surface area (Å²) in [7, 11) is 5.09. The van der Waals surface area contributed by atoms with E-state index in [9.17, 15) is 60.8 Å². The Hall–Kier alpha value is -11.1. The molecule has 0 bridgehead atoms. The zero-order chi connectivity index (χ0) is 52.8. The zero-order valence-electron chi connectivity index (χ0n) is 37.0. The number of carboxylic acids is 1. The number of hydrogen-bond donors (Lipinski definition) is 5. The maximum atomic E-state index is 11.2. The van der Waals surface area contributed by atoms with Crippen molar-refractivity contribution >= 4 is 45.7 Å². The van der Waals surface area contributed by atoms with Crippen LogP contribution in [0.3, 0.4) is 0 Å². The van der Waals surface area contributed by atoms with Gasteiger partial charge in [-0.15, -0.1) is 0 Å². The van der Waals surface area contributed by atoms with Crippen LogP contribution in [0.2, 0.25) is 0 Å². The molecule has 0 spiro atoms. The number of aliphatic hydroxyl groups is 2. The van der Waals surface area contributed by atoms with Gasteiger partial charge in [0.05, 0.1) is 60.2 Å². The summed E-state index contributed by atoms with van der Waals surface area (Å²) in [6, 6.07) is 14.3. The molecule has 0 aliphatic heterocycles. The van der Waals surface area contributed by atoms with E-state index >= 15 is 0 Å². The number of phenolic OH excluding ortho intramolecular Hbond substituents is 2. The molecule has 0 fully saturated rings. The minimum absolute atomic E-state index is 0.00843. The second kappa shape index (κ2) is 26.2. The van der Waals surface area contributed by atoms with Gasteiger partial charge < -0.3 is 49.3 Å². The number of nitrogens with zero attached hydrogens (tertiary/aromatic N) is 12. The first-order valence-corrected chi connectivity index (χ1v) is 19.0. The van der Waals surface area contributed by atoms with E-state index in [-0.39, 0.29) is 62.2 Å². The maximum Gasteiger partial charge on any atom is 0.336 e. The summed E-state index contributed by atoms with van der Waals surface area (Å²) < 4.78 is 19.7. The fraction of sp³-hybridized carbons (Fsp3) is 0.116. The van der Waals surface area contributed by atoms with Crippen molar-refractivity contribution in [3.05, 3.63) is 168 Å². The summed E-state index contributed by atoms with van der Waals surface area (Å²) in [5, 5.41) is 99.4. The molecule has 6 rings (SSSR count). The number of aromatic nitrogens is 6. The van der Waals surface area contributed by atoms with E-state index < -0.39 is 60.8 Å². The molecule has 71 heavy (non-hydrogen) atoms. The van der Waals surface area contributed by atoms with Crippen LogP contribution in [0.4, 0.5) is 17.1 Å². The van der Waals surface area contributed by atoms with Crippen LogP contribution in [0.1, 0.15) is 38.6 Å². The Kier molecular flexibility index (Phi) is 20.0. The van der Waals surface area contributed by atoms with Gasteiger partial charge in [0.25, 0.3) is 6.54 Å². The number of ether oxygens (including phenoxy) is 4. The zero-order valence-corrected chi connectivity index (χ0v) is 37.0. The quantitative estimate of drug-likeness (QED) is 0.0211. The predicted molar refractivity (Wildman–Crippen MR) is 242 cm³/mol. The number of phenols is 2. The highest BCUT2D eigenvalue weighted by Gasteiger charge is 2.26. The first-order chi connectivity index (χ1) is 33.9. The summed E-state index contributed by atoms with van der Waals surface area (Å²) in [5.41, 5.74) is -1.43. The number of allylic oxidation sites excluding steroid dienone is 2. The number of aromatic hydroxyl groups is 2. The SMILES string of the molecule is COc1cc(/C(O)=C(\C#N)c2ccncn2)cc([N+](=O)[O-])c1OC.COc1cc(C(=O)O)cc([N+](=O)[O-])c1OC.N#C/C(=C(/O)c1cc(O)c(O)c([N+](=O)[O-])c1)c1ccncn1.[C-]#[N+]Cc1ccncn1. The van der Waals surface area contributed by atoms with Crippen molar-refractivity contribution in [2.24, 2.45) is 0 Å². The monoisotopic (exact) mass is 974 g/mol. The fourth-order valence-corrected chi connectivity index (χ4v) is 5.42. The van der Waals surface area contributed by atoms with Crippen LogP contribution in [-0.2, 0) is 6.54 Å². The van der Waals surface area contributed by atoms with Gasteiger partial charge in [0.1, 0.15) is 59.5 Å². The molecule has 0 saturated carbocycles. The number of nitriles is 2. The Balaban J connectivity index is 0.000000262. The lowest BCUT2D eigenvalue weighted by Gasteiger charge is -2.11. The van der Waals surface area contributed by atoms with Gasteiger partial charge in [0.15, 0.2) is 17.2 Å². The van der Waals surface area contributed by atoms with Crippen LogP contribution < -0.4 is 18.9 Å². The lowest BCUT2D eigenvalue weighted by atomic mass is 10.0. The highest BCUT2D eigenvalue weighted by Crippen LogP contribution is 2.41. The Morgan fingerprint density at radius 2 is 1.04 bits per heavy atom. The number of rotatable bonds is 13. The predicted octanol–water partition coefficient (Wildman–Crippen LogP) is 6.30. The van der Waals surface area contributed by atoms with E-state index in [1.54, 1.807) is 18.3 Å². The lowest BCUT2D eigenvalue weighted by Crippen LogP contribution is -2.02. The van der Waals surface area contributed by atoms with Gasteiger partial charge in [-0.05, 0) is 36.4 Å². The van der Waals surface area contributed by atoms with E-state index in [1.165, 1.54) is 71.7 Å². The van der Waals surface area contributed by atoms with Crippen LogP contribution in [0.15, 0.2) is 92.2 Å². The Bertz CT molecular complexity index is 3100. The van der Waals surface area contributed by atoms with E-state index in [2.05, 4.69) is 34.7 Å². The van der Waals surface area contributed by atoms with Gasteiger partial charge in [-0.25, -0.2) is 41.3 Å². The van der Waals surface area contributed by atoms with Gasteiger partial charge in [-0.2, -0.15) is 10.5 Å². The minimum atomic E-state index is -1.27. The van der Waals surface area contributed by atoms with Crippen molar-refractivity contribution in [1.29, 1.82) is 10.5 Å². The van der Waals surface area contributed by atoms with Gasteiger partial charge in [0, 0.05) is 47.9 Å². The summed E-state index contributed by atoms with van der Waals surface area (Å²) in [6.07, 6.45) is 8.22. The van der Waals surface area contributed by atoms with Crippen LogP contribution in [0.25, 0.3) is 27.5 Å². The Morgan fingerprint density at radius 1 is 0.634 bits per heavy atom. The molecular formula is C43H34N12O16. The molecular weight excluding hydrogens is 941 g/mol. The summed E-state index contributed by atoms with van der Waals surface area (Å²) >= 11 is 0. The molecule has 0 amide bonds. The molecule has 0 aliphatic carbocycles. The average molecular weight is 975 g/mol. The van der Waals surface area contributed by atoms with E-state index in [4.69, 9.17) is 35.9 Å². The van der Waals surface area contributed by atoms with Crippen molar-refractivity contribution < 1.29 is 64.0 Å². The van der Waals surface area contributed by atoms with Crippen LogP contribution in [0, 0.1) is 59.6 Å². The normalized spacial score (nSPS) is 10.5. The lowest BCUT2D eigenvalue weighted by molar-refractivity contribution is -0.386. The minimum Gasteiger partial charge on any atom is -0.506 e. The van der Waals surface area contributed by atoms with Gasteiger partial charge in [-0.3, -0.25) is 30.3 Å². The average Bonchev–Trinajstić information content (AvgIpc) is 3.37. The number of hydrogen-bond acceptors (Lipinski definition) is 23. The van der Waals surface area contributed by atoms with Gasteiger partial charge in [-0.1, -0.05) is 0 Å². The smallest absolute Gasteiger partial charge is 0.336 e. The standard InChI is InChI=1S/C15H12N4O5.C13H8N4O5.C9H9NO6.C6H5N3/c1-23-13-6-9(5-12(19(21)22)15(13)24-2)14(20)10(7-16)11-3-4-17-8-18-11;14-5-8(9-1-2-15-6-16-9)12(19)7-3-10(17(21)22)13(20)11(18)4-7;1-15-7-4-5(9(11)12)3-6(10(13)14)8(7)16-2;1-7-4-6-2-3-8-5-9-6/h3-6,8,20H,1-2H3;1-4,6,18-20H;3-4H,1-2H3,(H,11,12);2-3,5H,4H2/b14-10-;12-8-;;. The Labute approximate surface area is 398 Å². The molecule has 6 aromatic rings. The summed E-state index contributed by atoms with van der Waals surface area (Å²) in [6.45, 7) is 6.85. The highest BCUT2D eigenvalue weighted by molar-refractivity contribution is 5.94. The molecule has 0 atom stereocenters. The molecule has 28 heteroatoms. The molecule has 28 nitrogen and oxygen atoms in total. The molecule has 0 saturated heterocycles. The maximum absolute atomic E-state index is 11.2. The van der Waals surface area contributed by atoms with E-state index in [1.807, 2.05) is 6.07 Å². The second-order valence-corrected chi connectivity index (χ2v) is 12.8. The molecule has 0 aliphatic rings. The highest BCUT2D eigenvalue weighted by atomic mass is 16.6. The van der Waals surface area contributed by atoms with Gasteiger partial charge >= 0.3 is 23.0 Å². The van der Waals surface area contributed by atoms with Crippen molar-refractivity contribution in [3.8, 4) is 46.6 Å². The molecule has 5 N–H and O–H groups in total. The summed E-state index contributed by atoms with van der Waals surface area (Å²) in [4.78, 5) is 66.9. The molecule has 0 unspecified atom stereocenters. The topological polar surface area (TPSA) is 414 Å². The number of aromatic carboxylic acids is 1. The Morgan fingerprint density at radius 3 is 1.39 bits per heavy atom. The second-order valence-electron chi connectivity index (χ2n) is 12.8. The third-order valence-corrected chi connectivity index (χ3v) is 8.63. The van der Waals surface area contributed by atoms with Gasteiger partial charge in [0.2, 0.25) is 17.2 Å². The third-order valence-electron chi connectivity index (χ3n) is 8.63. The number of aliphatic hydroxyl groups excluding tert-OH is 2. The van der Waals surface area contributed by atoms with Crippen LogP contribution in [0.5, 0.6) is 34.5 Å². The van der Waals surface area contributed by atoms with Crippen molar-refractivity contribution in [3.63, 3.8) is 0 Å². The number of nitro groups is 3. The number of carbonyl (C=O) groups is 1. The van der Waals surface area contributed by atoms with E-state index in [0.29, 0.717) is 6.54 Å². The van der Waals surface area contributed by atoms with E-state index in [0.717, 1.165) is 42.4 Å². The first kappa shape index (κ1) is 54.3. The number of benzene rings is 3. The first-order valence-electron chi connectivity index (χ1n) is 19.0. The molecule has 3 aromatic heterocycles. The molecule has 3 heterocycles. The number of nitro benzene ring substituents is 3. The molecule has 362 valence electrons. The molecule has 0 radical (unpaired) electrons. The van der Waals surface area contributed by atoms with Crippen LogP contribution in [-0.4, -0.2) is 105 Å². The molecule has 3 aromatic carbocycles. The van der Waals surface area contributed by atoms with Crippen molar-refractivity contribution in [1.82, 2.24) is 29.9 Å². The number of methoxy groups -OCH3 is 4. The fourth-order valence-electron chi connectivity index (χ4n) is 5.42. The third kappa shape index (κ3) is 14.2. The van der Waals surface area contributed by atoms with Crippen molar-refractivity contribution in [2.75, 3.05) is 28.4 Å². The van der Waals surface area contributed by atoms with Crippen molar-refractivity contribution in [2.45, 2.75) is 6.54 Å². The number of carboxylic acid groups (broad SMARTS) is 1. The summed E-state index contributed by atoms with van der Waals surface area (Å²) in [5.74, 6) is -4.22. The largest absolute Gasteiger partial charge is 0.506 e. The van der Waals surface area contributed by atoms with Crippen LogP contribution >= 0.6 is 0 Å².